The van der Waals surface area contributed by atoms with Gasteiger partial charge in [0.25, 0.3) is 5.56 Å². The molecule has 0 atom stereocenters. The number of imidazole rings is 1. The molecular weight excluding hydrogens is 442 g/mol. The Morgan fingerprint density at radius 3 is 1.75 bits per heavy atom. The fraction of sp³-hybridized carbons (Fsp3) is 0. The third kappa shape index (κ3) is 3.16. The van der Waals surface area contributed by atoms with Crippen LogP contribution < -0.4 is 5.56 Å². The zero-order chi connectivity index (χ0) is 24.1. The zero-order valence-electron chi connectivity index (χ0n) is 19.4. The van der Waals surface area contributed by atoms with E-state index >= 15 is 0 Å². The summed E-state index contributed by atoms with van der Waals surface area (Å²) in [7, 11) is 0. The minimum atomic E-state index is -0.0620. The highest BCUT2D eigenvalue weighted by Gasteiger charge is 2.17. The molecule has 0 fully saturated rings. The van der Waals surface area contributed by atoms with E-state index in [1.54, 1.807) is 4.40 Å². The van der Waals surface area contributed by atoms with Gasteiger partial charge in [0.2, 0.25) is 5.78 Å². The predicted molar refractivity (Wildman–Crippen MR) is 147 cm³/mol. The van der Waals surface area contributed by atoms with Crippen molar-refractivity contribution in [1.82, 2.24) is 14.0 Å². The number of rotatable bonds is 3. The van der Waals surface area contributed by atoms with Crippen LogP contribution in [-0.4, -0.2) is 14.0 Å². The third-order valence-electron chi connectivity index (χ3n) is 6.71. The lowest BCUT2D eigenvalue weighted by molar-refractivity contribution is 1.02. The average molecular weight is 464 g/mol. The summed E-state index contributed by atoms with van der Waals surface area (Å²) < 4.78 is 3.84. The standard InChI is InChI=1S/C32H21N3O/c36-31-27-15-7-9-17-29(27)34(32-33-28-16-8-10-18-30(28)35(31)32)26-20-24(22-11-3-1-4-12-22)19-25(21-26)23-13-5-2-6-14-23/h1-21H. The van der Waals surface area contributed by atoms with E-state index < -0.39 is 0 Å². The van der Waals surface area contributed by atoms with Crippen molar-refractivity contribution in [3.8, 4) is 27.9 Å². The Bertz CT molecular complexity index is 1890. The number of hydrogen-bond acceptors (Lipinski definition) is 2. The lowest BCUT2D eigenvalue weighted by Gasteiger charge is -2.16. The number of hydrogen-bond donors (Lipinski definition) is 0. The average Bonchev–Trinajstić information content (AvgIpc) is 3.33. The summed E-state index contributed by atoms with van der Waals surface area (Å²) in [6.07, 6.45) is 0. The highest BCUT2D eigenvalue weighted by molar-refractivity contribution is 5.88. The monoisotopic (exact) mass is 463 g/mol. The Balaban J connectivity index is 1.64. The van der Waals surface area contributed by atoms with Crippen LogP contribution in [0, 0.1) is 0 Å². The molecule has 2 aromatic heterocycles. The maximum Gasteiger partial charge on any atom is 0.267 e. The maximum atomic E-state index is 13.6. The summed E-state index contributed by atoms with van der Waals surface area (Å²) in [5.74, 6) is 0.601. The van der Waals surface area contributed by atoms with E-state index in [1.807, 2.05) is 60.7 Å². The Morgan fingerprint density at radius 1 is 0.528 bits per heavy atom. The Hall–Kier alpha value is -4.96. The smallest absolute Gasteiger partial charge is 0.267 e. The Morgan fingerprint density at radius 2 is 1.08 bits per heavy atom. The first-order chi connectivity index (χ1) is 17.8. The van der Waals surface area contributed by atoms with Crippen molar-refractivity contribution >= 4 is 27.7 Å². The van der Waals surface area contributed by atoms with E-state index in [1.165, 1.54) is 0 Å². The van der Waals surface area contributed by atoms with Crippen molar-refractivity contribution < 1.29 is 0 Å². The van der Waals surface area contributed by atoms with Gasteiger partial charge >= 0.3 is 0 Å². The molecule has 4 heteroatoms. The SMILES string of the molecule is O=c1c2ccccc2n(-c2cc(-c3ccccc3)cc(-c3ccccc3)c2)c2nc3ccccc3n12. The van der Waals surface area contributed by atoms with E-state index in [9.17, 15) is 4.79 Å². The van der Waals surface area contributed by atoms with Crippen LogP contribution in [-0.2, 0) is 0 Å². The van der Waals surface area contributed by atoms with Crippen LogP contribution in [0.4, 0.5) is 0 Å². The first-order valence-electron chi connectivity index (χ1n) is 12.0. The van der Waals surface area contributed by atoms with Crippen molar-refractivity contribution in [2.45, 2.75) is 0 Å². The first-order valence-corrected chi connectivity index (χ1v) is 12.0. The van der Waals surface area contributed by atoms with Crippen LogP contribution in [0.5, 0.6) is 0 Å². The van der Waals surface area contributed by atoms with Gasteiger partial charge in [-0.1, -0.05) is 84.9 Å². The van der Waals surface area contributed by atoms with Crippen LogP contribution in [0.15, 0.2) is 132 Å². The number of fused-ring (bicyclic) bond motifs is 4. The molecule has 0 bridgehead atoms. The second-order valence-electron chi connectivity index (χ2n) is 8.89. The minimum Gasteiger partial charge on any atom is -0.279 e. The molecule has 0 N–H and O–H groups in total. The molecule has 0 unspecified atom stereocenters. The molecular formula is C32H21N3O. The van der Waals surface area contributed by atoms with Gasteiger partial charge in [0.05, 0.1) is 27.6 Å². The van der Waals surface area contributed by atoms with Crippen molar-refractivity contribution in [2.75, 3.05) is 0 Å². The molecule has 0 aliphatic rings. The molecule has 7 rings (SSSR count). The predicted octanol–water partition coefficient (Wildman–Crippen LogP) is 7.13. The molecule has 36 heavy (non-hydrogen) atoms. The second kappa shape index (κ2) is 8.07. The molecule has 5 aromatic carbocycles. The maximum absolute atomic E-state index is 13.6. The fourth-order valence-corrected chi connectivity index (χ4v) is 5.03. The summed E-state index contributed by atoms with van der Waals surface area (Å²) >= 11 is 0. The van der Waals surface area contributed by atoms with E-state index in [2.05, 4.69) is 71.3 Å². The lowest BCUT2D eigenvalue weighted by atomic mass is 9.98. The van der Waals surface area contributed by atoms with E-state index in [0.717, 1.165) is 44.5 Å². The van der Waals surface area contributed by atoms with Gasteiger partial charge in [0, 0.05) is 0 Å². The van der Waals surface area contributed by atoms with Crippen molar-refractivity contribution in [2.24, 2.45) is 0 Å². The zero-order valence-corrected chi connectivity index (χ0v) is 19.4. The number of para-hydroxylation sites is 3. The third-order valence-corrected chi connectivity index (χ3v) is 6.71. The van der Waals surface area contributed by atoms with Crippen molar-refractivity contribution in [1.29, 1.82) is 0 Å². The molecule has 170 valence electrons. The van der Waals surface area contributed by atoms with Gasteiger partial charge in [-0.2, -0.15) is 0 Å². The number of aromatic nitrogens is 3. The van der Waals surface area contributed by atoms with Crippen molar-refractivity contribution in [3.63, 3.8) is 0 Å². The van der Waals surface area contributed by atoms with Gasteiger partial charge < -0.3 is 0 Å². The summed E-state index contributed by atoms with van der Waals surface area (Å²) in [5, 5.41) is 0.652. The summed E-state index contributed by atoms with van der Waals surface area (Å²) in [6.45, 7) is 0. The topological polar surface area (TPSA) is 39.3 Å². The lowest BCUT2D eigenvalue weighted by Crippen LogP contribution is -2.18. The van der Waals surface area contributed by atoms with Crippen LogP contribution in [0.3, 0.4) is 0 Å². The highest BCUT2D eigenvalue weighted by atomic mass is 16.1. The van der Waals surface area contributed by atoms with E-state index in [-0.39, 0.29) is 5.56 Å². The van der Waals surface area contributed by atoms with Crippen LogP contribution in [0.25, 0.3) is 55.7 Å². The molecule has 0 aliphatic carbocycles. The van der Waals surface area contributed by atoms with Gasteiger partial charge in [-0.3, -0.25) is 9.36 Å². The summed E-state index contributed by atoms with van der Waals surface area (Å²) in [6, 6.07) is 42.9. The van der Waals surface area contributed by atoms with Gasteiger partial charge in [0.1, 0.15) is 0 Å². The van der Waals surface area contributed by atoms with Crippen LogP contribution in [0.1, 0.15) is 0 Å². The molecule has 4 nitrogen and oxygen atoms in total. The summed E-state index contributed by atoms with van der Waals surface area (Å²) in [5.41, 5.74) is 7.78. The molecule has 0 aliphatic heterocycles. The first kappa shape index (κ1) is 20.4. The Kier molecular flexibility index (Phi) is 4.57. The molecule has 7 aromatic rings. The highest BCUT2D eigenvalue weighted by Crippen LogP contribution is 2.32. The molecule has 0 saturated heterocycles. The second-order valence-corrected chi connectivity index (χ2v) is 8.89. The van der Waals surface area contributed by atoms with E-state index in [0.29, 0.717) is 11.2 Å². The summed E-state index contributed by atoms with van der Waals surface area (Å²) in [4.78, 5) is 18.6. The number of nitrogens with zero attached hydrogens (tertiary/aromatic N) is 3. The minimum absolute atomic E-state index is 0.0620. The van der Waals surface area contributed by atoms with Crippen LogP contribution in [0.2, 0.25) is 0 Å². The molecule has 0 spiro atoms. The normalized spacial score (nSPS) is 11.4. The van der Waals surface area contributed by atoms with Gasteiger partial charge in [-0.05, 0) is 64.7 Å². The Labute approximate surface area is 207 Å². The van der Waals surface area contributed by atoms with Gasteiger partial charge in [0.15, 0.2) is 0 Å². The van der Waals surface area contributed by atoms with E-state index in [4.69, 9.17) is 4.98 Å². The molecule has 0 amide bonds. The molecule has 2 heterocycles. The molecule has 0 radical (unpaired) electrons. The van der Waals surface area contributed by atoms with Crippen molar-refractivity contribution in [3.05, 3.63) is 138 Å². The molecule has 0 saturated carbocycles. The van der Waals surface area contributed by atoms with Crippen LogP contribution >= 0.6 is 0 Å². The largest absolute Gasteiger partial charge is 0.279 e. The quantitative estimate of drug-likeness (QED) is 0.280. The van der Waals surface area contributed by atoms with Gasteiger partial charge in [-0.25, -0.2) is 9.38 Å². The van der Waals surface area contributed by atoms with Gasteiger partial charge in [-0.15, -0.1) is 0 Å². The fourth-order valence-electron chi connectivity index (χ4n) is 5.03. The number of benzene rings is 5.